The number of carbonyl (C=O) groups is 1. The lowest BCUT2D eigenvalue weighted by Gasteiger charge is -2.22. The smallest absolute Gasteiger partial charge is 0.326 e. The summed E-state index contributed by atoms with van der Waals surface area (Å²) in [5.41, 5.74) is 0.735. The molecule has 2 aromatic heterocycles. The maximum absolute atomic E-state index is 11.5. The van der Waals surface area contributed by atoms with Crippen LogP contribution in [0.4, 0.5) is 5.82 Å². The van der Waals surface area contributed by atoms with Crippen molar-refractivity contribution in [3.8, 4) is 0 Å². The van der Waals surface area contributed by atoms with E-state index in [1.54, 1.807) is 4.90 Å². The van der Waals surface area contributed by atoms with Crippen molar-refractivity contribution in [2.75, 3.05) is 18.1 Å². The minimum atomic E-state index is -1.26. The molecule has 11 heteroatoms. The lowest BCUT2D eigenvalue weighted by Crippen LogP contribution is -2.36. The van der Waals surface area contributed by atoms with E-state index in [0.29, 0.717) is 29.9 Å². The van der Waals surface area contributed by atoms with Crippen molar-refractivity contribution in [3.05, 3.63) is 12.7 Å². The van der Waals surface area contributed by atoms with Crippen LogP contribution in [0.5, 0.6) is 0 Å². The summed E-state index contributed by atoms with van der Waals surface area (Å²) in [5.74, 6) is -0.512. The average molecular weight is 365 g/mol. The second-order valence-corrected chi connectivity index (χ2v) is 6.44. The normalized spacial score (nSPS) is 31.8. The zero-order valence-electron chi connectivity index (χ0n) is 13.7. The van der Waals surface area contributed by atoms with Crippen LogP contribution in [-0.2, 0) is 9.53 Å². The van der Waals surface area contributed by atoms with Gasteiger partial charge in [0.2, 0.25) is 0 Å². The van der Waals surface area contributed by atoms with E-state index < -0.39 is 43.2 Å². The number of carboxylic acid groups (broad SMARTS) is 1. The van der Waals surface area contributed by atoms with Crippen molar-refractivity contribution in [1.29, 1.82) is 0 Å². The first-order chi connectivity index (χ1) is 12.5. The van der Waals surface area contributed by atoms with Crippen LogP contribution in [0, 0.1) is 0 Å². The number of anilines is 1. The van der Waals surface area contributed by atoms with Gasteiger partial charge in [-0.25, -0.2) is 19.7 Å². The Morgan fingerprint density at radius 3 is 2.77 bits per heavy atom. The van der Waals surface area contributed by atoms with Crippen molar-refractivity contribution < 1.29 is 30.0 Å². The van der Waals surface area contributed by atoms with E-state index >= 15 is 0 Å². The van der Waals surface area contributed by atoms with Crippen molar-refractivity contribution in [1.82, 2.24) is 19.5 Å². The quantitative estimate of drug-likeness (QED) is 0.503. The Labute approximate surface area is 147 Å². The second kappa shape index (κ2) is 6.43. The number of rotatable bonds is 4. The van der Waals surface area contributed by atoms with E-state index in [1.165, 1.54) is 17.2 Å². The Morgan fingerprint density at radius 1 is 1.27 bits per heavy atom. The number of ether oxygens (including phenoxy) is 1. The van der Waals surface area contributed by atoms with Crippen LogP contribution in [0.3, 0.4) is 0 Å². The van der Waals surface area contributed by atoms with Gasteiger partial charge in [0.15, 0.2) is 23.2 Å². The monoisotopic (exact) mass is 365 g/mol. The van der Waals surface area contributed by atoms with Crippen molar-refractivity contribution in [3.63, 3.8) is 0 Å². The molecule has 4 rings (SSSR count). The van der Waals surface area contributed by atoms with Crippen LogP contribution < -0.4 is 4.90 Å². The molecule has 11 nitrogen and oxygen atoms in total. The molecule has 2 saturated heterocycles. The van der Waals surface area contributed by atoms with Gasteiger partial charge in [-0.3, -0.25) is 4.57 Å². The molecule has 2 aliphatic heterocycles. The van der Waals surface area contributed by atoms with Crippen LogP contribution in [0.1, 0.15) is 19.1 Å². The van der Waals surface area contributed by atoms with E-state index in [4.69, 9.17) is 4.74 Å². The molecule has 26 heavy (non-hydrogen) atoms. The third-order valence-corrected chi connectivity index (χ3v) is 4.94. The van der Waals surface area contributed by atoms with Crippen molar-refractivity contribution >= 4 is 23.0 Å². The predicted molar refractivity (Wildman–Crippen MR) is 86.3 cm³/mol. The SMILES string of the molecule is O=C(O)[C@H]1CCCN1c1ncnc2c1ncn2[C@@H]1O[C@H](CO)[C@H](O)C1O. The molecule has 0 saturated carbocycles. The molecular formula is C15H19N5O6. The van der Waals surface area contributed by atoms with E-state index in [-0.39, 0.29) is 0 Å². The third-order valence-electron chi connectivity index (χ3n) is 4.94. The lowest BCUT2D eigenvalue weighted by atomic mass is 10.1. The number of aromatic nitrogens is 4. The first-order valence-corrected chi connectivity index (χ1v) is 8.32. The third kappa shape index (κ3) is 2.51. The molecule has 2 fully saturated rings. The summed E-state index contributed by atoms with van der Waals surface area (Å²) in [7, 11) is 0. The zero-order chi connectivity index (χ0) is 18.4. The van der Waals surface area contributed by atoms with E-state index in [1.807, 2.05) is 0 Å². The number of hydrogen-bond donors (Lipinski definition) is 4. The van der Waals surface area contributed by atoms with Gasteiger partial charge in [-0.15, -0.1) is 0 Å². The largest absolute Gasteiger partial charge is 0.480 e. The molecule has 0 bridgehead atoms. The highest BCUT2D eigenvalue weighted by Crippen LogP contribution is 2.34. The van der Waals surface area contributed by atoms with Gasteiger partial charge in [-0.05, 0) is 12.8 Å². The maximum atomic E-state index is 11.5. The Kier molecular flexibility index (Phi) is 4.23. The van der Waals surface area contributed by atoms with Gasteiger partial charge in [0.05, 0.1) is 12.9 Å². The van der Waals surface area contributed by atoms with E-state index in [9.17, 15) is 25.2 Å². The first-order valence-electron chi connectivity index (χ1n) is 8.32. The van der Waals surface area contributed by atoms with Crippen LogP contribution in [-0.4, -0.2) is 83.4 Å². The number of hydrogen-bond acceptors (Lipinski definition) is 9. The number of aliphatic hydroxyl groups is 3. The molecule has 2 aliphatic rings. The van der Waals surface area contributed by atoms with Gasteiger partial charge in [0, 0.05) is 6.54 Å². The molecule has 0 aromatic carbocycles. The van der Waals surface area contributed by atoms with Gasteiger partial charge >= 0.3 is 5.97 Å². The van der Waals surface area contributed by atoms with Gasteiger partial charge < -0.3 is 30.1 Å². The van der Waals surface area contributed by atoms with Gasteiger partial charge in [0.25, 0.3) is 0 Å². The summed E-state index contributed by atoms with van der Waals surface area (Å²) in [4.78, 5) is 25.8. The van der Waals surface area contributed by atoms with Gasteiger partial charge in [-0.2, -0.15) is 0 Å². The number of imidazole rings is 1. The predicted octanol–water partition coefficient (Wildman–Crippen LogP) is -1.51. The summed E-state index contributed by atoms with van der Waals surface area (Å²) in [6.07, 6.45) is -0.426. The van der Waals surface area contributed by atoms with Crippen LogP contribution in [0.25, 0.3) is 11.2 Å². The number of fused-ring (bicyclic) bond motifs is 1. The van der Waals surface area contributed by atoms with Gasteiger partial charge in [-0.1, -0.05) is 0 Å². The molecule has 0 radical (unpaired) electrons. The number of aliphatic hydroxyl groups excluding tert-OH is 3. The summed E-state index contributed by atoms with van der Waals surface area (Å²) in [6.45, 7) is 0.111. The highest BCUT2D eigenvalue weighted by molar-refractivity contribution is 5.87. The molecule has 0 amide bonds. The Hall–Kier alpha value is -2.34. The van der Waals surface area contributed by atoms with Crippen molar-refractivity contribution in [2.45, 2.75) is 43.4 Å². The fourth-order valence-corrected chi connectivity index (χ4v) is 3.62. The number of nitrogens with zero attached hydrogens (tertiary/aromatic N) is 5. The van der Waals surface area contributed by atoms with E-state index in [2.05, 4.69) is 15.0 Å². The van der Waals surface area contributed by atoms with Crippen LogP contribution in [0.15, 0.2) is 12.7 Å². The highest BCUT2D eigenvalue weighted by Gasteiger charge is 2.44. The maximum Gasteiger partial charge on any atom is 0.326 e. The molecule has 0 spiro atoms. The summed E-state index contributed by atoms with van der Waals surface area (Å²) >= 11 is 0. The molecule has 5 atom stereocenters. The zero-order valence-corrected chi connectivity index (χ0v) is 13.7. The highest BCUT2D eigenvalue weighted by atomic mass is 16.6. The molecule has 4 heterocycles. The lowest BCUT2D eigenvalue weighted by molar-refractivity contribution is -0.138. The fourth-order valence-electron chi connectivity index (χ4n) is 3.62. The van der Waals surface area contributed by atoms with Crippen LogP contribution >= 0.6 is 0 Å². The average Bonchev–Trinajstić information content (AvgIpc) is 3.33. The Bertz CT molecular complexity index is 828. The molecule has 140 valence electrons. The minimum Gasteiger partial charge on any atom is -0.480 e. The molecule has 1 unspecified atom stereocenters. The molecular weight excluding hydrogens is 346 g/mol. The van der Waals surface area contributed by atoms with Crippen LogP contribution in [0.2, 0.25) is 0 Å². The second-order valence-electron chi connectivity index (χ2n) is 6.44. The molecule has 2 aromatic rings. The standard InChI is InChI=1S/C15H19N5O6/c21-4-8-10(22)11(23)14(26-8)20-6-18-9-12(16-5-17-13(9)20)19-3-1-2-7(19)15(24)25/h5-8,10-11,14,21-23H,1-4H2,(H,24,25)/t7-,8-,10+,11?,14-/m1/s1. The molecule has 0 aliphatic carbocycles. The topological polar surface area (TPSA) is 154 Å². The first kappa shape index (κ1) is 17.1. The summed E-state index contributed by atoms with van der Waals surface area (Å²) in [6, 6.07) is -0.674. The fraction of sp³-hybridized carbons (Fsp3) is 0.600. The van der Waals surface area contributed by atoms with E-state index in [0.717, 1.165) is 6.42 Å². The van der Waals surface area contributed by atoms with Crippen molar-refractivity contribution in [2.24, 2.45) is 0 Å². The Balaban J connectivity index is 1.73. The Morgan fingerprint density at radius 2 is 2.08 bits per heavy atom. The molecule has 4 N–H and O–H groups in total. The summed E-state index contributed by atoms with van der Waals surface area (Å²) < 4.78 is 6.97. The number of aliphatic carboxylic acids is 1. The number of carboxylic acids is 1. The summed E-state index contributed by atoms with van der Waals surface area (Å²) in [5, 5.41) is 38.8. The van der Waals surface area contributed by atoms with Gasteiger partial charge in [0.1, 0.15) is 30.7 Å². The minimum absolute atomic E-state index is 0.348.